The average Bonchev–Trinajstić information content (AvgIpc) is 2.37. The first-order valence-corrected chi connectivity index (χ1v) is 5.90. The van der Waals surface area contributed by atoms with E-state index in [-0.39, 0.29) is 5.56 Å². The normalized spacial score (nSPS) is 9.67. The minimum absolute atomic E-state index is 0.285. The van der Waals surface area contributed by atoms with E-state index in [0.717, 1.165) is 12.8 Å². The van der Waals surface area contributed by atoms with Crippen LogP contribution in [-0.2, 0) is 9.57 Å². The lowest BCUT2D eigenvalue weighted by Crippen LogP contribution is -2.28. The monoisotopic (exact) mass is 271 g/mol. The molecule has 1 aromatic rings. The predicted octanol–water partition coefficient (Wildman–Crippen LogP) is 2.94. The number of hydrogen-bond donors (Lipinski definition) is 1. The molecule has 0 heterocycles. The van der Waals surface area contributed by atoms with E-state index < -0.39 is 12.1 Å². The lowest BCUT2D eigenvalue weighted by molar-refractivity contribution is 0.0207. The van der Waals surface area contributed by atoms with Gasteiger partial charge in [0.15, 0.2) is 0 Å². The summed E-state index contributed by atoms with van der Waals surface area (Å²) >= 11 is 5.67. The molecule has 0 saturated carbocycles. The third-order valence-corrected chi connectivity index (χ3v) is 2.29. The number of carbonyl (C=O) groups is 2. The van der Waals surface area contributed by atoms with Gasteiger partial charge in [-0.2, -0.15) is 0 Å². The Morgan fingerprint density at radius 3 is 2.56 bits per heavy atom. The molecule has 6 heteroatoms. The third kappa shape index (κ3) is 5.05. The van der Waals surface area contributed by atoms with Crippen LogP contribution in [0.15, 0.2) is 24.3 Å². The van der Waals surface area contributed by atoms with Crippen LogP contribution in [0.1, 0.15) is 30.1 Å². The van der Waals surface area contributed by atoms with Crippen molar-refractivity contribution >= 4 is 23.7 Å². The number of carbonyl (C=O) groups excluding carboxylic acids is 2. The number of benzene rings is 1. The van der Waals surface area contributed by atoms with Crippen LogP contribution in [0.2, 0.25) is 5.02 Å². The molecule has 18 heavy (non-hydrogen) atoms. The maximum Gasteiger partial charge on any atom is 0.440 e. The van der Waals surface area contributed by atoms with Gasteiger partial charge in [0.25, 0.3) is 0 Å². The minimum Gasteiger partial charge on any atom is -0.447 e. The lowest BCUT2D eigenvalue weighted by Gasteiger charge is -2.06. The summed E-state index contributed by atoms with van der Waals surface area (Å²) in [6.07, 6.45) is 0.891. The Kier molecular flexibility index (Phi) is 6.00. The van der Waals surface area contributed by atoms with Gasteiger partial charge < -0.3 is 9.57 Å². The van der Waals surface area contributed by atoms with Gasteiger partial charge in [-0.15, -0.1) is 5.48 Å². The van der Waals surface area contributed by atoms with Crippen molar-refractivity contribution in [1.29, 1.82) is 0 Å². The van der Waals surface area contributed by atoms with Gasteiger partial charge in [-0.25, -0.2) is 9.59 Å². The number of hydrogen-bond acceptors (Lipinski definition) is 4. The number of amides is 1. The summed E-state index contributed by atoms with van der Waals surface area (Å²) in [6, 6.07) is 6.10. The third-order valence-electron chi connectivity index (χ3n) is 2.04. The smallest absolute Gasteiger partial charge is 0.440 e. The van der Waals surface area contributed by atoms with Crippen LogP contribution in [0.25, 0.3) is 0 Å². The van der Waals surface area contributed by atoms with E-state index in [0.29, 0.717) is 11.6 Å². The van der Waals surface area contributed by atoms with Crippen molar-refractivity contribution in [3.63, 3.8) is 0 Å². The number of rotatable bonds is 4. The highest BCUT2D eigenvalue weighted by Gasteiger charge is 2.09. The van der Waals surface area contributed by atoms with Crippen molar-refractivity contribution in [3.05, 3.63) is 34.9 Å². The fourth-order valence-electron chi connectivity index (χ4n) is 1.07. The van der Waals surface area contributed by atoms with E-state index in [1.54, 1.807) is 12.1 Å². The van der Waals surface area contributed by atoms with Crippen molar-refractivity contribution in [2.45, 2.75) is 19.8 Å². The molecule has 0 bridgehead atoms. The van der Waals surface area contributed by atoms with Crippen LogP contribution < -0.4 is 5.48 Å². The van der Waals surface area contributed by atoms with Gasteiger partial charge in [-0.05, 0) is 30.7 Å². The highest BCUT2D eigenvalue weighted by atomic mass is 35.5. The maximum atomic E-state index is 11.5. The van der Waals surface area contributed by atoms with Crippen LogP contribution in [0.5, 0.6) is 0 Å². The molecule has 1 N–H and O–H groups in total. The summed E-state index contributed by atoms with van der Waals surface area (Å²) in [5, 5.41) is 0.512. The van der Waals surface area contributed by atoms with E-state index >= 15 is 0 Å². The first-order chi connectivity index (χ1) is 8.63. The van der Waals surface area contributed by atoms with E-state index in [2.05, 4.69) is 4.84 Å². The zero-order chi connectivity index (χ0) is 13.4. The van der Waals surface area contributed by atoms with Crippen LogP contribution in [0.3, 0.4) is 0 Å². The van der Waals surface area contributed by atoms with Crippen LogP contribution >= 0.6 is 11.6 Å². The summed E-state index contributed by atoms with van der Waals surface area (Å²) in [5.41, 5.74) is 2.20. The Balaban J connectivity index is 2.32. The molecule has 5 nitrogen and oxygen atoms in total. The molecule has 0 spiro atoms. The second-order valence-electron chi connectivity index (χ2n) is 3.49. The molecule has 1 amide bonds. The summed E-state index contributed by atoms with van der Waals surface area (Å²) in [7, 11) is 0. The Morgan fingerprint density at radius 1 is 1.28 bits per heavy atom. The van der Waals surface area contributed by atoms with Crippen molar-refractivity contribution in [2.24, 2.45) is 0 Å². The highest BCUT2D eigenvalue weighted by Crippen LogP contribution is 2.09. The SMILES string of the molecule is CCCCOC(=O)NOC(=O)c1ccc(Cl)cc1. The van der Waals surface area contributed by atoms with Crippen LogP contribution in [0, 0.1) is 0 Å². The molecular weight excluding hydrogens is 258 g/mol. The zero-order valence-electron chi connectivity index (χ0n) is 9.94. The molecule has 0 atom stereocenters. The molecule has 1 aromatic carbocycles. The number of ether oxygens (including phenoxy) is 1. The molecule has 98 valence electrons. The van der Waals surface area contributed by atoms with E-state index in [4.69, 9.17) is 16.3 Å². The number of halogens is 1. The first kappa shape index (κ1) is 14.3. The zero-order valence-corrected chi connectivity index (χ0v) is 10.7. The molecular formula is C12H14ClNO4. The summed E-state index contributed by atoms with van der Waals surface area (Å²) < 4.78 is 4.74. The van der Waals surface area contributed by atoms with Crippen molar-refractivity contribution < 1.29 is 19.2 Å². The Bertz CT molecular complexity index is 405. The number of unbranched alkanes of at least 4 members (excludes halogenated alkanes) is 1. The van der Waals surface area contributed by atoms with Crippen molar-refractivity contribution in [1.82, 2.24) is 5.48 Å². The van der Waals surface area contributed by atoms with E-state index in [1.807, 2.05) is 12.4 Å². The molecule has 1 rings (SSSR count). The molecule has 0 aliphatic heterocycles. The Hall–Kier alpha value is -1.75. The Labute approximate surface area is 110 Å². The van der Waals surface area contributed by atoms with Gasteiger partial charge in [0.2, 0.25) is 0 Å². The predicted molar refractivity (Wildman–Crippen MR) is 66.3 cm³/mol. The van der Waals surface area contributed by atoms with E-state index in [9.17, 15) is 9.59 Å². The molecule has 0 unspecified atom stereocenters. The molecule has 0 aliphatic rings. The quantitative estimate of drug-likeness (QED) is 0.675. The van der Waals surface area contributed by atoms with Gasteiger partial charge >= 0.3 is 12.1 Å². The molecule has 0 aromatic heterocycles. The summed E-state index contributed by atoms with van der Waals surface area (Å²) in [6.45, 7) is 2.27. The van der Waals surface area contributed by atoms with Crippen LogP contribution in [-0.4, -0.2) is 18.7 Å². The van der Waals surface area contributed by atoms with Gasteiger partial charge in [0, 0.05) is 5.02 Å². The molecule has 0 aliphatic carbocycles. The average molecular weight is 272 g/mol. The molecule has 0 fully saturated rings. The molecule has 0 radical (unpaired) electrons. The standard InChI is InChI=1S/C12H14ClNO4/c1-2-3-8-17-12(16)14-18-11(15)9-4-6-10(13)7-5-9/h4-7H,2-3,8H2,1H3,(H,14,16). The van der Waals surface area contributed by atoms with Crippen molar-refractivity contribution in [2.75, 3.05) is 6.61 Å². The number of hydroxylamine groups is 1. The Morgan fingerprint density at radius 2 is 1.94 bits per heavy atom. The fraction of sp³-hybridized carbons (Fsp3) is 0.333. The second kappa shape index (κ2) is 7.55. The van der Waals surface area contributed by atoms with Gasteiger partial charge in [-0.1, -0.05) is 24.9 Å². The van der Waals surface area contributed by atoms with Gasteiger partial charge in [0.05, 0.1) is 12.2 Å². The maximum absolute atomic E-state index is 11.5. The summed E-state index contributed by atoms with van der Waals surface area (Å²) in [5.74, 6) is -0.681. The first-order valence-electron chi connectivity index (χ1n) is 5.53. The topological polar surface area (TPSA) is 64.6 Å². The van der Waals surface area contributed by atoms with Crippen LogP contribution in [0.4, 0.5) is 4.79 Å². The fourth-order valence-corrected chi connectivity index (χ4v) is 1.20. The lowest BCUT2D eigenvalue weighted by atomic mass is 10.2. The van der Waals surface area contributed by atoms with Gasteiger partial charge in [0.1, 0.15) is 0 Å². The minimum atomic E-state index is -0.786. The van der Waals surface area contributed by atoms with E-state index in [1.165, 1.54) is 12.1 Å². The molecule has 0 saturated heterocycles. The van der Waals surface area contributed by atoms with Gasteiger partial charge in [-0.3, -0.25) is 0 Å². The number of nitrogens with one attached hydrogen (secondary N) is 1. The van der Waals surface area contributed by atoms with Crippen molar-refractivity contribution in [3.8, 4) is 0 Å². The summed E-state index contributed by atoms with van der Waals surface area (Å²) in [4.78, 5) is 27.1. The highest BCUT2D eigenvalue weighted by molar-refractivity contribution is 6.30. The largest absolute Gasteiger partial charge is 0.447 e. The second-order valence-corrected chi connectivity index (χ2v) is 3.92.